The summed E-state index contributed by atoms with van der Waals surface area (Å²) in [7, 11) is 0. The molecule has 1 aliphatic heterocycles. The van der Waals surface area contributed by atoms with E-state index in [9.17, 15) is 0 Å². The van der Waals surface area contributed by atoms with Gasteiger partial charge in [0.2, 0.25) is 0 Å². The van der Waals surface area contributed by atoms with Crippen molar-refractivity contribution in [2.45, 2.75) is 39.2 Å². The van der Waals surface area contributed by atoms with Crippen molar-refractivity contribution < 1.29 is 4.74 Å². The van der Waals surface area contributed by atoms with E-state index >= 15 is 0 Å². The number of hydrogen-bond acceptors (Lipinski definition) is 2. The molecule has 2 heteroatoms. The zero-order valence-corrected chi connectivity index (χ0v) is 8.52. The molecule has 1 rings (SSSR count). The average Bonchev–Trinajstić information content (AvgIpc) is 2.02. The van der Waals surface area contributed by atoms with Crippen molar-refractivity contribution in [2.75, 3.05) is 19.7 Å². The highest BCUT2D eigenvalue weighted by molar-refractivity contribution is 4.69. The normalized spacial score (nSPS) is 21.2. The maximum absolute atomic E-state index is 5.74. The van der Waals surface area contributed by atoms with E-state index in [1.54, 1.807) is 0 Å². The lowest BCUT2D eigenvalue weighted by Gasteiger charge is -2.27. The van der Waals surface area contributed by atoms with E-state index in [0.29, 0.717) is 0 Å². The van der Waals surface area contributed by atoms with Gasteiger partial charge in [0.1, 0.15) is 0 Å². The highest BCUT2D eigenvalue weighted by Gasteiger charge is 2.17. The number of hydrogen-bond donors (Lipinski definition) is 1. The second-order valence-corrected chi connectivity index (χ2v) is 4.62. The van der Waals surface area contributed by atoms with Crippen LogP contribution in [0.15, 0.2) is 0 Å². The van der Waals surface area contributed by atoms with Crippen molar-refractivity contribution in [3.05, 3.63) is 0 Å². The molecule has 0 atom stereocenters. The molecule has 0 saturated carbocycles. The molecule has 72 valence electrons. The summed E-state index contributed by atoms with van der Waals surface area (Å²) in [5, 5.41) is 3.36. The molecule has 0 aromatic heterocycles. The van der Waals surface area contributed by atoms with Crippen LogP contribution in [0.5, 0.6) is 0 Å². The summed E-state index contributed by atoms with van der Waals surface area (Å²) >= 11 is 0. The van der Waals surface area contributed by atoms with Crippen molar-refractivity contribution in [3.8, 4) is 0 Å². The lowest BCUT2D eigenvalue weighted by molar-refractivity contribution is -0.0266. The molecule has 2 nitrogen and oxygen atoms in total. The van der Waals surface area contributed by atoms with Gasteiger partial charge in [0.15, 0.2) is 0 Å². The third kappa shape index (κ3) is 4.07. The summed E-state index contributed by atoms with van der Waals surface area (Å²) in [5.41, 5.74) is 0.0326. The fourth-order valence-corrected chi connectivity index (χ4v) is 1.42. The first-order valence-corrected chi connectivity index (χ1v) is 4.92. The van der Waals surface area contributed by atoms with E-state index in [0.717, 1.165) is 25.6 Å². The van der Waals surface area contributed by atoms with Gasteiger partial charge in [0.05, 0.1) is 12.2 Å². The van der Waals surface area contributed by atoms with Gasteiger partial charge in [-0.05, 0) is 52.6 Å². The van der Waals surface area contributed by atoms with Crippen molar-refractivity contribution >= 4 is 0 Å². The van der Waals surface area contributed by atoms with Gasteiger partial charge in [-0.1, -0.05) is 0 Å². The molecule has 0 unspecified atom stereocenters. The maximum atomic E-state index is 5.74. The molecular weight excluding hydrogens is 150 g/mol. The Balaban J connectivity index is 2.13. The Kier molecular flexibility index (Phi) is 3.53. The predicted molar refractivity (Wildman–Crippen MR) is 51.3 cm³/mol. The molecule has 1 saturated heterocycles. The summed E-state index contributed by atoms with van der Waals surface area (Å²) in [6.07, 6.45) is 2.55. The Labute approximate surface area is 75.7 Å². The molecular formula is C10H21NO. The maximum Gasteiger partial charge on any atom is 0.0598 e. The summed E-state index contributed by atoms with van der Waals surface area (Å²) in [6.45, 7) is 9.62. The van der Waals surface area contributed by atoms with Gasteiger partial charge in [0, 0.05) is 0 Å². The molecule has 0 amide bonds. The quantitative estimate of drug-likeness (QED) is 0.684. The molecule has 0 bridgehead atoms. The van der Waals surface area contributed by atoms with Crippen molar-refractivity contribution in [1.29, 1.82) is 0 Å². The van der Waals surface area contributed by atoms with Gasteiger partial charge in [-0.25, -0.2) is 0 Å². The molecule has 0 radical (unpaired) electrons. The van der Waals surface area contributed by atoms with Crippen molar-refractivity contribution in [2.24, 2.45) is 5.92 Å². The third-order valence-electron chi connectivity index (χ3n) is 2.21. The number of nitrogens with one attached hydrogen (secondary N) is 1. The average molecular weight is 171 g/mol. The monoisotopic (exact) mass is 171 g/mol. The minimum atomic E-state index is 0.0326. The zero-order valence-electron chi connectivity index (χ0n) is 8.52. The highest BCUT2D eigenvalue weighted by atomic mass is 16.5. The van der Waals surface area contributed by atoms with Crippen LogP contribution in [0.2, 0.25) is 0 Å². The van der Waals surface area contributed by atoms with E-state index in [2.05, 4.69) is 26.1 Å². The largest absolute Gasteiger partial charge is 0.376 e. The van der Waals surface area contributed by atoms with Crippen molar-refractivity contribution in [3.63, 3.8) is 0 Å². The van der Waals surface area contributed by atoms with Gasteiger partial charge >= 0.3 is 0 Å². The van der Waals surface area contributed by atoms with E-state index < -0.39 is 0 Å². The smallest absolute Gasteiger partial charge is 0.0598 e. The standard InChI is InChI=1S/C10H21NO/c1-10(2,3)12-8-9-4-6-11-7-5-9/h9,11H,4-8H2,1-3H3. The van der Waals surface area contributed by atoms with Crippen LogP contribution in [0.25, 0.3) is 0 Å². The first-order chi connectivity index (χ1) is 5.58. The molecule has 1 aliphatic rings. The van der Waals surface area contributed by atoms with E-state index in [4.69, 9.17) is 4.74 Å². The molecule has 0 aromatic carbocycles. The summed E-state index contributed by atoms with van der Waals surface area (Å²) in [5.74, 6) is 0.783. The number of rotatable bonds is 2. The van der Waals surface area contributed by atoms with Gasteiger partial charge in [-0.15, -0.1) is 0 Å². The van der Waals surface area contributed by atoms with Crippen LogP contribution >= 0.6 is 0 Å². The summed E-state index contributed by atoms with van der Waals surface area (Å²) in [4.78, 5) is 0. The lowest BCUT2D eigenvalue weighted by atomic mass is 9.99. The lowest BCUT2D eigenvalue weighted by Crippen LogP contribution is -2.32. The molecule has 1 fully saturated rings. The second kappa shape index (κ2) is 4.24. The van der Waals surface area contributed by atoms with E-state index in [-0.39, 0.29) is 5.60 Å². The molecule has 1 N–H and O–H groups in total. The fraction of sp³-hybridized carbons (Fsp3) is 1.00. The molecule has 0 spiro atoms. The number of ether oxygens (including phenoxy) is 1. The first-order valence-electron chi connectivity index (χ1n) is 4.92. The Hall–Kier alpha value is -0.0800. The van der Waals surface area contributed by atoms with Crippen LogP contribution in [0, 0.1) is 5.92 Å². The second-order valence-electron chi connectivity index (χ2n) is 4.62. The summed E-state index contributed by atoms with van der Waals surface area (Å²) < 4.78 is 5.74. The molecule has 0 aliphatic carbocycles. The predicted octanol–water partition coefficient (Wildman–Crippen LogP) is 1.80. The van der Waals surface area contributed by atoms with Gasteiger partial charge in [0.25, 0.3) is 0 Å². The van der Waals surface area contributed by atoms with Crippen molar-refractivity contribution in [1.82, 2.24) is 5.32 Å². The van der Waals surface area contributed by atoms with E-state index in [1.165, 1.54) is 12.8 Å². The van der Waals surface area contributed by atoms with Gasteiger partial charge in [-0.3, -0.25) is 0 Å². The Morgan fingerprint density at radius 3 is 2.33 bits per heavy atom. The fourth-order valence-electron chi connectivity index (χ4n) is 1.42. The Morgan fingerprint density at radius 1 is 1.25 bits per heavy atom. The SMILES string of the molecule is CC(C)(C)OCC1CCNCC1. The van der Waals surface area contributed by atoms with Gasteiger partial charge in [-0.2, -0.15) is 0 Å². The minimum Gasteiger partial charge on any atom is -0.376 e. The highest BCUT2D eigenvalue weighted by Crippen LogP contribution is 2.16. The molecule has 1 heterocycles. The van der Waals surface area contributed by atoms with Crippen LogP contribution in [0.1, 0.15) is 33.6 Å². The first kappa shape index (κ1) is 10.0. The topological polar surface area (TPSA) is 21.3 Å². The van der Waals surface area contributed by atoms with Crippen LogP contribution in [0.3, 0.4) is 0 Å². The third-order valence-corrected chi connectivity index (χ3v) is 2.21. The Bertz CT molecular complexity index is 122. The minimum absolute atomic E-state index is 0.0326. The van der Waals surface area contributed by atoms with Crippen LogP contribution in [-0.4, -0.2) is 25.3 Å². The summed E-state index contributed by atoms with van der Waals surface area (Å²) in [6, 6.07) is 0. The number of piperidine rings is 1. The zero-order chi connectivity index (χ0) is 9.03. The Morgan fingerprint density at radius 2 is 1.83 bits per heavy atom. The van der Waals surface area contributed by atoms with Gasteiger partial charge < -0.3 is 10.1 Å². The molecule has 12 heavy (non-hydrogen) atoms. The molecule has 0 aromatic rings. The van der Waals surface area contributed by atoms with Crippen LogP contribution in [0.4, 0.5) is 0 Å². The van der Waals surface area contributed by atoms with Crippen LogP contribution < -0.4 is 5.32 Å². The van der Waals surface area contributed by atoms with E-state index in [1.807, 2.05) is 0 Å². The van der Waals surface area contributed by atoms with Crippen LogP contribution in [-0.2, 0) is 4.74 Å².